The summed E-state index contributed by atoms with van der Waals surface area (Å²) in [6, 6.07) is 13.1. The van der Waals surface area contributed by atoms with Crippen molar-refractivity contribution >= 4 is 34.5 Å². The molecule has 1 aliphatic heterocycles. The molecule has 0 aliphatic carbocycles. The minimum atomic E-state index is -0.0148. The molecule has 2 aromatic carbocycles. The van der Waals surface area contributed by atoms with Crippen molar-refractivity contribution in [2.75, 3.05) is 6.79 Å². The molecule has 2 aromatic rings. The number of ether oxygens (including phenoxy) is 2. The number of fused-ring (bicyclic) bond motifs is 1. The van der Waals surface area contributed by atoms with Gasteiger partial charge in [0.05, 0.1) is 0 Å². The molecule has 3 rings (SSSR count). The largest absolute Gasteiger partial charge is 0.454 e. The van der Waals surface area contributed by atoms with Gasteiger partial charge < -0.3 is 9.47 Å². The van der Waals surface area contributed by atoms with E-state index in [1.165, 1.54) is 0 Å². The minimum absolute atomic E-state index is 0.0148. The fourth-order valence-corrected chi connectivity index (χ4v) is 2.26. The van der Waals surface area contributed by atoms with Crippen LogP contribution >= 0.6 is 22.6 Å². The lowest BCUT2D eigenvalue weighted by Crippen LogP contribution is -1.93. The summed E-state index contributed by atoms with van der Waals surface area (Å²) in [6.45, 7) is 0.254. The highest BCUT2D eigenvalue weighted by Crippen LogP contribution is 2.32. The lowest BCUT2D eigenvalue weighted by molar-refractivity contribution is 0.104. The van der Waals surface area contributed by atoms with Gasteiger partial charge >= 0.3 is 0 Å². The maximum Gasteiger partial charge on any atom is 0.231 e. The molecular weight excluding hydrogens is 367 g/mol. The standard InChI is InChI=1S/C16H11IO3/c17-13-5-3-12(4-6-13)14(18)7-1-11-2-8-15-16(9-11)20-10-19-15/h1-9H,10H2. The molecule has 0 N–H and O–H groups in total. The third kappa shape index (κ3) is 2.85. The first-order valence-corrected chi connectivity index (χ1v) is 7.18. The van der Waals surface area contributed by atoms with Gasteiger partial charge in [-0.2, -0.15) is 0 Å². The molecule has 0 spiro atoms. The van der Waals surface area contributed by atoms with Crippen molar-refractivity contribution in [2.45, 2.75) is 0 Å². The van der Waals surface area contributed by atoms with Gasteiger partial charge in [-0.3, -0.25) is 4.79 Å². The van der Waals surface area contributed by atoms with Crippen LogP contribution in [0.5, 0.6) is 11.5 Å². The number of ketones is 1. The zero-order chi connectivity index (χ0) is 13.9. The van der Waals surface area contributed by atoms with Crippen molar-refractivity contribution in [1.82, 2.24) is 0 Å². The molecule has 0 radical (unpaired) electrons. The Kier molecular flexibility index (Phi) is 3.73. The third-order valence-corrected chi connectivity index (χ3v) is 3.67. The average Bonchev–Trinajstić information content (AvgIpc) is 2.93. The van der Waals surface area contributed by atoms with Crippen molar-refractivity contribution in [1.29, 1.82) is 0 Å². The summed E-state index contributed by atoms with van der Waals surface area (Å²) in [4.78, 5) is 12.0. The van der Waals surface area contributed by atoms with Gasteiger partial charge in [0.2, 0.25) is 6.79 Å². The van der Waals surface area contributed by atoms with Crippen LogP contribution in [0.25, 0.3) is 6.08 Å². The SMILES string of the molecule is O=C(C=Cc1ccc2c(c1)OCO2)c1ccc(I)cc1. The van der Waals surface area contributed by atoms with Crippen molar-refractivity contribution in [3.05, 3.63) is 63.2 Å². The van der Waals surface area contributed by atoms with Crippen molar-refractivity contribution in [3.63, 3.8) is 0 Å². The van der Waals surface area contributed by atoms with Crippen LogP contribution in [0.15, 0.2) is 48.5 Å². The maximum atomic E-state index is 12.0. The molecule has 0 fully saturated rings. The molecule has 0 unspecified atom stereocenters. The number of benzene rings is 2. The van der Waals surface area contributed by atoms with Gasteiger partial charge in [-0.15, -0.1) is 0 Å². The summed E-state index contributed by atoms with van der Waals surface area (Å²) in [5.41, 5.74) is 1.59. The number of carbonyl (C=O) groups is 1. The van der Waals surface area contributed by atoms with Gasteiger partial charge in [0.25, 0.3) is 0 Å². The average molecular weight is 378 g/mol. The summed E-state index contributed by atoms with van der Waals surface area (Å²) >= 11 is 2.21. The first kappa shape index (κ1) is 13.2. The van der Waals surface area contributed by atoms with Gasteiger partial charge in [-0.1, -0.05) is 24.3 Å². The minimum Gasteiger partial charge on any atom is -0.454 e. The number of carbonyl (C=O) groups excluding carboxylic acids is 1. The number of hydrogen-bond acceptors (Lipinski definition) is 3. The van der Waals surface area contributed by atoms with Crippen LogP contribution in [0.3, 0.4) is 0 Å². The zero-order valence-electron chi connectivity index (χ0n) is 10.5. The van der Waals surface area contributed by atoms with Crippen LogP contribution in [0.2, 0.25) is 0 Å². The van der Waals surface area contributed by atoms with E-state index in [4.69, 9.17) is 9.47 Å². The van der Waals surface area contributed by atoms with Gasteiger partial charge in [-0.25, -0.2) is 0 Å². The Balaban J connectivity index is 1.76. The fraction of sp³-hybridized carbons (Fsp3) is 0.0625. The number of halogens is 1. The van der Waals surface area contributed by atoms with E-state index in [-0.39, 0.29) is 12.6 Å². The highest BCUT2D eigenvalue weighted by molar-refractivity contribution is 14.1. The molecule has 20 heavy (non-hydrogen) atoms. The van der Waals surface area contributed by atoms with Gasteiger partial charge in [0.15, 0.2) is 17.3 Å². The molecule has 0 saturated carbocycles. The predicted molar refractivity (Wildman–Crippen MR) is 85.1 cm³/mol. The van der Waals surface area contributed by atoms with E-state index in [0.29, 0.717) is 11.3 Å². The van der Waals surface area contributed by atoms with E-state index >= 15 is 0 Å². The highest BCUT2D eigenvalue weighted by Gasteiger charge is 2.12. The van der Waals surface area contributed by atoms with E-state index in [0.717, 1.165) is 14.9 Å². The maximum absolute atomic E-state index is 12.0. The second kappa shape index (κ2) is 5.66. The monoisotopic (exact) mass is 378 g/mol. The number of allylic oxidation sites excluding steroid dienone is 1. The molecule has 0 aromatic heterocycles. The van der Waals surface area contributed by atoms with Crippen LogP contribution in [-0.2, 0) is 0 Å². The Morgan fingerprint density at radius 1 is 1.05 bits per heavy atom. The molecule has 100 valence electrons. The lowest BCUT2D eigenvalue weighted by atomic mass is 10.1. The summed E-state index contributed by atoms with van der Waals surface area (Å²) < 4.78 is 11.7. The van der Waals surface area contributed by atoms with Crippen LogP contribution in [0.4, 0.5) is 0 Å². The molecule has 0 amide bonds. The van der Waals surface area contributed by atoms with Gasteiger partial charge in [-0.05, 0) is 58.5 Å². The predicted octanol–water partition coefficient (Wildman–Crippen LogP) is 3.92. The second-order valence-electron chi connectivity index (χ2n) is 4.32. The van der Waals surface area contributed by atoms with E-state index in [1.807, 2.05) is 42.5 Å². The van der Waals surface area contributed by atoms with Crippen molar-refractivity contribution in [3.8, 4) is 11.5 Å². The molecular formula is C16H11IO3. The Labute approximate surface area is 130 Å². The molecule has 4 heteroatoms. The lowest BCUT2D eigenvalue weighted by Gasteiger charge is -1.98. The topological polar surface area (TPSA) is 35.5 Å². The Morgan fingerprint density at radius 2 is 1.80 bits per heavy atom. The smallest absolute Gasteiger partial charge is 0.231 e. The molecule has 1 aliphatic rings. The highest BCUT2D eigenvalue weighted by atomic mass is 127. The normalized spacial score (nSPS) is 12.8. The molecule has 0 atom stereocenters. The summed E-state index contributed by atoms with van der Waals surface area (Å²) in [6.07, 6.45) is 3.35. The van der Waals surface area contributed by atoms with Crippen molar-refractivity contribution in [2.24, 2.45) is 0 Å². The quantitative estimate of drug-likeness (QED) is 0.462. The second-order valence-corrected chi connectivity index (χ2v) is 5.56. The van der Waals surface area contributed by atoms with Gasteiger partial charge in [0, 0.05) is 9.13 Å². The molecule has 1 heterocycles. The number of rotatable bonds is 3. The first-order chi connectivity index (χ1) is 9.72. The molecule has 0 saturated heterocycles. The molecule has 3 nitrogen and oxygen atoms in total. The first-order valence-electron chi connectivity index (χ1n) is 6.10. The van der Waals surface area contributed by atoms with Crippen molar-refractivity contribution < 1.29 is 14.3 Å². The van der Waals surface area contributed by atoms with E-state index in [2.05, 4.69) is 22.6 Å². The van der Waals surface area contributed by atoms with E-state index in [9.17, 15) is 4.79 Å². The Hall–Kier alpha value is -1.82. The fourth-order valence-electron chi connectivity index (χ4n) is 1.90. The van der Waals surface area contributed by atoms with Crippen LogP contribution in [0, 0.1) is 3.57 Å². The van der Waals surface area contributed by atoms with E-state index in [1.54, 1.807) is 12.2 Å². The number of hydrogen-bond donors (Lipinski definition) is 0. The van der Waals surface area contributed by atoms with Gasteiger partial charge in [0.1, 0.15) is 0 Å². The summed E-state index contributed by atoms with van der Waals surface area (Å²) in [7, 11) is 0. The van der Waals surface area contributed by atoms with E-state index < -0.39 is 0 Å². The summed E-state index contributed by atoms with van der Waals surface area (Å²) in [5, 5.41) is 0. The Bertz CT molecular complexity index is 675. The molecule has 0 bridgehead atoms. The van der Waals surface area contributed by atoms with Crippen LogP contribution in [-0.4, -0.2) is 12.6 Å². The zero-order valence-corrected chi connectivity index (χ0v) is 12.7. The third-order valence-electron chi connectivity index (χ3n) is 2.95. The summed E-state index contributed by atoms with van der Waals surface area (Å²) in [5.74, 6) is 1.44. The Morgan fingerprint density at radius 3 is 2.60 bits per heavy atom. The van der Waals surface area contributed by atoms with Crippen LogP contribution < -0.4 is 9.47 Å². The van der Waals surface area contributed by atoms with Crippen LogP contribution in [0.1, 0.15) is 15.9 Å².